The largest absolute Gasteiger partial charge is 0.378 e. The van der Waals surface area contributed by atoms with E-state index in [0.29, 0.717) is 17.9 Å². The summed E-state index contributed by atoms with van der Waals surface area (Å²) in [5, 5.41) is 6.87. The van der Waals surface area contributed by atoms with Crippen LogP contribution in [-0.4, -0.2) is 12.5 Å². The van der Waals surface area contributed by atoms with Gasteiger partial charge in [-0.25, -0.2) is 0 Å². The van der Waals surface area contributed by atoms with Crippen molar-refractivity contribution in [3.8, 4) is 0 Å². The second-order valence-corrected chi connectivity index (χ2v) is 8.53. The summed E-state index contributed by atoms with van der Waals surface area (Å²) in [6.45, 7) is 2.82. The zero-order valence-electron chi connectivity index (χ0n) is 15.9. The molecule has 1 aliphatic heterocycles. The van der Waals surface area contributed by atoms with Gasteiger partial charge < -0.3 is 10.6 Å². The van der Waals surface area contributed by atoms with Gasteiger partial charge in [-0.1, -0.05) is 37.3 Å². The van der Waals surface area contributed by atoms with Crippen LogP contribution in [0.1, 0.15) is 66.1 Å². The summed E-state index contributed by atoms with van der Waals surface area (Å²) in [7, 11) is 0. The quantitative estimate of drug-likeness (QED) is 0.794. The molecule has 2 saturated carbocycles. The summed E-state index contributed by atoms with van der Waals surface area (Å²) in [4.78, 5) is 12.5. The average molecular weight is 361 g/mol. The number of amides is 1. The minimum Gasteiger partial charge on any atom is -0.378 e. The molecule has 3 aliphatic rings. The number of anilines is 1. The van der Waals surface area contributed by atoms with Gasteiger partial charge in [0.15, 0.2) is 0 Å². The molecule has 0 unspecified atom stereocenters. The van der Waals surface area contributed by atoms with Gasteiger partial charge in [0.2, 0.25) is 0 Å². The third kappa shape index (κ3) is 2.75. The Hall–Kier alpha value is -2.29. The van der Waals surface area contributed by atoms with Gasteiger partial charge in [-0.05, 0) is 78.7 Å². The van der Waals surface area contributed by atoms with E-state index in [-0.39, 0.29) is 5.91 Å². The lowest BCUT2D eigenvalue weighted by Gasteiger charge is -2.43. The molecule has 0 radical (unpaired) electrons. The zero-order chi connectivity index (χ0) is 18.4. The van der Waals surface area contributed by atoms with Gasteiger partial charge in [-0.2, -0.15) is 0 Å². The maximum Gasteiger partial charge on any atom is 0.251 e. The number of hydrogen-bond donors (Lipinski definition) is 2. The first-order valence-electron chi connectivity index (χ1n) is 10.5. The number of benzene rings is 2. The Morgan fingerprint density at radius 2 is 1.93 bits per heavy atom. The molecule has 27 heavy (non-hydrogen) atoms. The SMILES string of the molecule is CCCNC(=O)c1ccc2c(c1)[C@@H]1[C@H]3CC[C@@H](C3)[C@H]1[C@H](c1ccccc1)N2. The van der Waals surface area contributed by atoms with Gasteiger partial charge in [0.05, 0.1) is 6.04 Å². The normalized spacial score (nSPS) is 30.3. The van der Waals surface area contributed by atoms with Gasteiger partial charge >= 0.3 is 0 Å². The van der Waals surface area contributed by atoms with E-state index in [1.807, 2.05) is 6.07 Å². The van der Waals surface area contributed by atoms with Gasteiger partial charge in [-0.15, -0.1) is 0 Å². The highest BCUT2D eigenvalue weighted by molar-refractivity contribution is 5.95. The molecule has 0 aromatic heterocycles. The van der Waals surface area contributed by atoms with Crippen molar-refractivity contribution in [3.05, 3.63) is 65.2 Å². The van der Waals surface area contributed by atoms with E-state index in [9.17, 15) is 4.79 Å². The van der Waals surface area contributed by atoms with Gasteiger partial charge in [0.25, 0.3) is 5.91 Å². The van der Waals surface area contributed by atoms with Crippen molar-refractivity contribution in [2.75, 3.05) is 11.9 Å². The summed E-state index contributed by atoms with van der Waals surface area (Å²) in [6, 6.07) is 17.6. The third-order valence-corrected chi connectivity index (χ3v) is 7.04. The smallest absolute Gasteiger partial charge is 0.251 e. The lowest BCUT2D eigenvalue weighted by atomic mass is 9.68. The summed E-state index contributed by atoms with van der Waals surface area (Å²) >= 11 is 0. The van der Waals surface area contributed by atoms with E-state index in [4.69, 9.17) is 0 Å². The Bertz CT molecular complexity index is 847. The first kappa shape index (κ1) is 16.9. The molecule has 2 aliphatic carbocycles. The fourth-order valence-corrected chi connectivity index (χ4v) is 5.96. The van der Waals surface area contributed by atoms with Crippen molar-refractivity contribution < 1.29 is 4.79 Å². The molecular formula is C24H28N2O. The topological polar surface area (TPSA) is 41.1 Å². The molecule has 3 nitrogen and oxygen atoms in total. The fraction of sp³-hybridized carbons (Fsp3) is 0.458. The maximum absolute atomic E-state index is 12.5. The van der Waals surface area contributed by atoms with Gasteiger partial charge in [-0.3, -0.25) is 4.79 Å². The van der Waals surface area contributed by atoms with E-state index >= 15 is 0 Å². The molecule has 5 atom stereocenters. The molecule has 2 aromatic rings. The molecule has 2 bridgehead atoms. The second kappa shape index (κ2) is 6.70. The maximum atomic E-state index is 12.5. The van der Waals surface area contributed by atoms with Crippen molar-refractivity contribution >= 4 is 11.6 Å². The first-order chi connectivity index (χ1) is 13.3. The first-order valence-corrected chi connectivity index (χ1v) is 10.5. The van der Waals surface area contributed by atoms with Crippen LogP contribution in [0.15, 0.2) is 48.5 Å². The number of hydrogen-bond acceptors (Lipinski definition) is 2. The summed E-state index contributed by atoms with van der Waals surface area (Å²) in [6.07, 6.45) is 5.03. The number of carbonyl (C=O) groups excluding carboxylic acids is 1. The summed E-state index contributed by atoms with van der Waals surface area (Å²) < 4.78 is 0. The van der Waals surface area contributed by atoms with Crippen molar-refractivity contribution in [3.63, 3.8) is 0 Å². The number of fused-ring (bicyclic) bond motifs is 7. The molecule has 0 spiro atoms. The van der Waals surface area contributed by atoms with Gasteiger partial charge in [0, 0.05) is 17.8 Å². The van der Waals surface area contributed by atoms with Crippen LogP contribution in [0.3, 0.4) is 0 Å². The number of carbonyl (C=O) groups is 1. The van der Waals surface area contributed by atoms with E-state index < -0.39 is 0 Å². The average Bonchev–Trinajstić information content (AvgIpc) is 3.34. The standard InChI is InChI=1S/C24H28N2O/c1-2-12-25-24(27)18-10-11-20-19(14-18)21-16-8-9-17(13-16)22(21)23(26-20)15-6-4-3-5-7-15/h3-7,10-11,14,16-17,21-23,26H,2,8-9,12-13H2,1H3,(H,25,27)/t16-,17-,21-,22+,23-/m0/s1. The van der Waals surface area contributed by atoms with Crippen molar-refractivity contribution in [2.24, 2.45) is 17.8 Å². The van der Waals surface area contributed by atoms with Crippen LogP contribution in [0.2, 0.25) is 0 Å². The third-order valence-electron chi connectivity index (χ3n) is 7.04. The number of rotatable bonds is 4. The number of nitrogens with one attached hydrogen (secondary N) is 2. The minimum absolute atomic E-state index is 0.0598. The predicted octanol–water partition coefficient (Wildman–Crippen LogP) is 5.12. The van der Waals surface area contributed by atoms with E-state index in [1.165, 1.54) is 36.1 Å². The Labute approximate surface area is 161 Å². The molecule has 1 amide bonds. The van der Waals surface area contributed by atoms with Crippen LogP contribution in [0.5, 0.6) is 0 Å². The Balaban J connectivity index is 1.53. The molecule has 1 heterocycles. The van der Waals surface area contributed by atoms with Crippen molar-refractivity contribution in [1.82, 2.24) is 5.32 Å². The van der Waals surface area contributed by atoms with Crippen LogP contribution < -0.4 is 10.6 Å². The highest BCUT2D eigenvalue weighted by Crippen LogP contribution is 2.63. The zero-order valence-corrected chi connectivity index (χ0v) is 15.9. The molecule has 0 saturated heterocycles. The molecule has 2 aromatic carbocycles. The Morgan fingerprint density at radius 1 is 1.11 bits per heavy atom. The lowest BCUT2D eigenvalue weighted by molar-refractivity contribution is 0.0953. The van der Waals surface area contributed by atoms with Crippen LogP contribution in [0.4, 0.5) is 5.69 Å². The van der Waals surface area contributed by atoms with Crippen LogP contribution in [0.25, 0.3) is 0 Å². The highest BCUT2D eigenvalue weighted by atomic mass is 16.1. The minimum atomic E-state index is 0.0598. The molecule has 3 heteroatoms. The molecule has 140 valence electrons. The van der Waals surface area contributed by atoms with Crippen LogP contribution >= 0.6 is 0 Å². The second-order valence-electron chi connectivity index (χ2n) is 8.53. The van der Waals surface area contributed by atoms with Crippen molar-refractivity contribution in [1.29, 1.82) is 0 Å². The van der Waals surface area contributed by atoms with Crippen LogP contribution in [0, 0.1) is 17.8 Å². The van der Waals surface area contributed by atoms with E-state index in [2.05, 4.69) is 60.0 Å². The highest BCUT2D eigenvalue weighted by Gasteiger charge is 2.53. The Kier molecular flexibility index (Phi) is 4.18. The Morgan fingerprint density at radius 3 is 2.74 bits per heavy atom. The van der Waals surface area contributed by atoms with Gasteiger partial charge in [0.1, 0.15) is 0 Å². The monoisotopic (exact) mass is 360 g/mol. The lowest BCUT2D eigenvalue weighted by Crippen LogP contribution is -2.35. The van der Waals surface area contributed by atoms with E-state index in [0.717, 1.165) is 30.4 Å². The van der Waals surface area contributed by atoms with E-state index in [1.54, 1.807) is 0 Å². The van der Waals surface area contributed by atoms with Crippen LogP contribution in [-0.2, 0) is 0 Å². The van der Waals surface area contributed by atoms with Crippen molar-refractivity contribution in [2.45, 2.75) is 44.6 Å². The molecule has 5 rings (SSSR count). The summed E-state index contributed by atoms with van der Waals surface area (Å²) in [5.74, 6) is 2.88. The fourth-order valence-electron chi connectivity index (χ4n) is 5.96. The molecule has 2 fully saturated rings. The summed E-state index contributed by atoms with van der Waals surface area (Å²) in [5.41, 5.74) is 4.81. The molecular weight excluding hydrogens is 332 g/mol. The predicted molar refractivity (Wildman–Crippen MR) is 109 cm³/mol. The molecule has 2 N–H and O–H groups in total.